The number of aliphatic hydroxyl groups is 1. The van der Waals surface area contributed by atoms with E-state index < -0.39 is 0 Å². The van der Waals surface area contributed by atoms with Crippen molar-refractivity contribution < 1.29 is 14.3 Å². The Hall–Kier alpha value is -2.18. The van der Waals surface area contributed by atoms with Crippen molar-refractivity contribution in [1.29, 1.82) is 0 Å². The summed E-state index contributed by atoms with van der Waals surface area (Å²) in [6, 6.07) is 7.10. The molecule has 0 bridgehead atoms. The molecule has 0 radical (unpaired) electrons. The molecule has 1 amide bonds. The fourth-order valence-electron chi connectivity index (χ4n) is 2.58. The number of aliphatic hydroxyl groups excluding tert-OH is 1. The predicted molar refractivity (Wildman–Crippen MR) is 89.3 cm³/mol. The molecule has 0 saturated heterocycles. The van der Waals surface area contributed by atoms with E-state index in [0.29, 0.717) is 23.2 Å². The molecule has 1 aromatic heterocycles. The molecule has 24 heavy (non-hydrogen) atoms. The number of amides is 1. The van der Waals surface area contributed by atoms with E-state index in [4.69, 9.17) is 21.1 Å². The van der Waals surface area contributed by atoms with Gasteiger partial charge >= 0.3 is 0 Å². The number of aromatic nitrogens is 2. The van der Waals surface area contributed by atoms with Crippen LogP contribution in [0.2, 0.25) is 5.02 Å². The summed E-state index contributed by atoms with van der Waals surface area (Å²) in [4.78, 5) is 12.0. The van der Waals surface area contributed by atoms with Gasteiger partial charge in [-0.1, -0.05) is 23.8 Å². The van der Waals surface area contributed by atoms with Crippen LogP contribution in [0.4, 0.5) is 0 Å². The Morgan fingerprint density at radius 3 is 2.79 bits per heavy atom. The number of nitrogens with zero attached hydrogens (tertiary/aromatic N) is 2. The first-order valence-corrected chi connectivity index (χ1v) is 8.18. The Balaban J connectivity index is 1.49. The average molecular weight is 348 g/mol. The van der Waals surface area contributed by atoms with Crippen LogP contribution in [0.3, 0.4) is 0 Å². The molecule has 0 fully saturated rings. The summed E-state index contributed by atoms with van der Waals surface area (Å²) >= 11 is 5.85. The zero-order valence-corrected chi connectivity index (χ0v) is 13.7. The summed E-state index contributed by atoms with van der Waals surface area (Å²) in [5.74, 6) is 0.888. The monoisotopic (exact) mass is 347 g/mol. The number of carbonyl (C=O) groups is 1. The number of aryl methyl sites for hydroxylation is 1. The molecule has 126 valence electrons. The molecule has 6 nitrogen and oxygen atoms in total. The Bertz CT molecular complexity index is 727. The molecule has 2 N–H and O–H groups in total. The first-order valence-electron chi connectivity index (χ1n) is 7.81. The van der Waals surface area contributed by atoms with E-state index in [9.17, 15) is 4.79 Å². The van der Waals surface area contributed by atoms with Crippen molar-refractivity contribution in [1.82, 2.24) is 15.5 Å². The lowest BCUT2D eigenvalue weighted by molar-refractivity contribution is -0.121. The van der Waals surface area contributed by atoms with Gasteiger partial charge in [-0.15, -0.1) is 10.2 Å². The second-order valence-electron chi connectivity index (χ2n) is 5.75. The molecule has 0 aliphatic heterocycles. The summed E-state index contributed by atoms with van der Waals surface area (Å²) < 4.78 is 5.57. The molecule has 3 rings (SSSR count). The zero-order valence-electron chi connectivity index (χ0n) is 13.0. The molecular formula is C17H18ClN3O3. The number of hydrogen-bond acceptors (Lipinski definition) is 5. The van der Waals surface area contributed by atoms with Crippen molar-refractivity contribution in [2.45, 2.75) is 25.3 Å². The molecule has 2 aromatic rings. The Kier molecular flexibility index (Phi) is 5.27. The van der Waals surface area contributed by atoms with Crippen LogP contribution in [0.5, 0.6) is 0 Å². The van der Waals surface area contributed by atoms with Crippen LogP contribution >= 0.6 is 11.6 Å². The first kappa shape index (κ1) is 16.7. The maximum Gasteiger partial charge on any atom is 0.247 e. The van der Waals surface area contributed by atoms with Gasteiger partial charge in [0.2, 0.25) is 17.7 Å². The van der Waals surface area contributed by atoms with Gasteiger partial charge in [0.05, 0.1) is 0 Å². The van der Waals surface area contributed by atoms with E-state index >= 15 is 0 Å². The van der Waals surface area contributed by atoms with Crippen molar-refractivity contribution >= 4 is 17.5 Å². The van der Waals surface area contributed by atoms with Gasteiger partial charge in [0, 0.05) is 42.0 Å². The molecule has 0 spiro atoms. The highest BCUT2D eigenvalue weighted by molar-refractivity contribution is 6.30. The van der Waals surface area contributed by atoms with E-state index in [-0.39, 0.29) is 30.9 Å². The lowest BCUT2D eigenvalue weighted by Crippen LogP contribution is -2.33. The third-order valence-electron chi connectivity index (χ3n) is 3.88. The number of rotatable bonds is 6. The van der Waals surface area contributed by atoms with E-state index in [1.54, 1.807) is 24.3 Å². The maximum absolute atomic E-state index is 12.0. The molecule has 7 heteroatoms. The molecular weight excluding hydrogens is 330 g/mol. The van der Waals surface area contributed by atoms with Crippen molar-refractivity contribution in [3.63, 3.8) is 0 Å². The minimum Gasteiger partial charge on any atom is -0.421 e. The van der Waals surface area contributed by atoms with Crippen LogP contribution in [0.25, 0.3) is 11.5 Å². The predicted octanol–water partition coefficient (Wildman–Crippen LogP) is 2.38. The number of hydrogen-bond donors (Lipinski definition) is 2. The average Bonchev–Trinajstić information content (AvgIpc) is 3.23. The number of benzene rings is 1. The molecule has 0 unspecified atom stereocenters. The molecule has 0 saturated carbocycles. The molecule has 2 atom stereocenters. The summed E-state index contributed by atoms with van der Waals surface area (Å²) in [6.07, 6.45) is 5.25. The smallest absolute Gasteiger partial charge is 0.247 e. The van der Waals surface area contributed by atoms with Crippen LogP contribution < -0.4 is 5.32 Å². The first-order chi connectivity index (χ1) is 11.6. The van der Waals surface area contributed by atoms with E-state index in [1.807, 2.05) is 12.2 Å². The molecule has 1 aliphatic rings. The van der Waals surface area contributed by atoms with Gasteiger partial charge in [0.15, 0.2) is 0 Å². The largest absolute Gasteiger partial charge is 0.421 e. The summed E-state index contributed by atoms with van der Waals surface area (Å²) in [6.45, 7) is 0.109. The molecule has 1 heterocycles. The van der Waals surface area contributed by atoms with Gasteiger partial charge < -0.3 is 14.8 Å². The number of nitrogens with one attached hydrogen (secondary N) is 1. The zero-order chi connectivity index (χ0) is 16.9. The summed E-state index contributed by atoms with van der Waals surface area (Å²) in [7, 11) is 0. The Morgan fingerprint density at radius 2 is 2.08 bits per heavy atom. The highest BCUT2D eigenvalue weighted by Crippen LogP contribution is 2.21. The minimum atomic E-state index is -0.0746. The van der Waals surface area contributed by atoms with Gasteiger partial charge in [-0.2, -0.15) is 0 Å². The summed E-state index contributed by atoms with van der Waals surface area (Å²) in [5, 5.41) is 20.6. The topological polar surface area (TPSA) is 88.2 Å². The lowest BCUT2D eigenvalue weighted by Gasteiger charge is -2.12. The van der Waals surface area contributed by atoms with Gasteiger partial charge in [-0.3, -0.25) is 4.79 Å². The van der Waals surface area contributed by atoms with Crippen molar-refractivity contribution in [3.8, 4) is 11.5 Å². The lowest BCUT2D eigenvalue weighted by atomic mass is 10.1. The van der Waals surface area contributed by atoms with E-state index in [1.165, 1.54) is 0 Å². The third-order valence-corrected chi connectivity index (χ3v) is 4.13. The fraction of sp³-hybridized carbons (Fsp3) is 0.353. The highest BCUT2D eigenvalue weighted by Gasteiger charge is 2.20. The van der Waals surface area contributed by atoms with Gasteiger partial charge in [-0.25, -0.2) is 0 Å². The van der Waals surface area contributed by atoms with Gasteiger partial charge in [0.25, 0.3) is 0 Å². The SMILES string of the molecule is O=C(CCc1nnc(-c2ccc(Cl)cc2)o1)N[C@@H]1C=C[C@H](CO)C1. The van der Waals surface area contributed by atoms with Crippen molar-refractivity contribution in [3.05, 3.63) is 47.3 Å². The Labute approximate surface area is 144 Å². The van der Waals surface area contributed by atoms with Crippen molar-refractivity contribution in [2.24, 2.45) is 5.92 Å². The van der Waals surface area contributed by atoms with Crippen LogP contribution in [0.1, 0.15) is 18.7 Å². The summed E-state index contributed by atoms with van der Waals surface area (Å²) in [5.41, 5.74) is 0.786. The maximum atomic E-state index is 12.0. The fourth-order valence-corrected chi connectivity index (χ4v) is 2.71. The third kappa shape index (κ3) is 4.21. The van der Waals surface area contributed by atoms with Gasteiger partial charge in [0.1, 0.15) is 0 Å². The number of carbonyl (C=O) groups excluding carboxylic acids is 1. The van der Waals surface area contributed by atoms with Crippen molar-refractivity contribution in [2.75, 3.05) is 6.61 Å². The van der Waals surface area contributed by atoms with Crippen LogP contribution in [0.15, 0.2) is 40.8 Å². The van der Waals surface area contributed by atoms with Crippen LogP contribution in [-0.2, 0) is 11.2 Å². The second-order valence-corrected chi connectivity index (χ2v) is 6.18. The van der Waals surface area contributed by atoms with Crippen LogP contribution in [-0.4, -0.2) is 33.9 Å². The quantitative estimate of drug-likeness (QED) is 0.783. The van der Waals surface area contributed by atoms with Gasteiger partial charge in [-0.05, 0) is 30.7 Å². The minimum absolute atomic E-state index is 0.0121. The number of halogens is 1. The van der Waals surface area contributed by atoms with E-state index in [0.717, 1.165) is 12.0 Å². The standard InChI is InChI=1S/C17H18ClN3O3/c18-13-4-2-12(3-5-13)17-21-20-16(24-17)8-7-15(23)19-14-6-1-11(9-14)10-22/h1-6,11,14,22H,7-10H2,(H,19,23)/t11-,14+/m0/s1. The Morgan fingerprint density at radius 1 is 1.29 bits per heavy atom. The second kappa shape index (κ2) is 7.59. The molecule has 1 aliphatic carbocycles. The van der Waals surface area contributed by atoms with Crippen LogP contribution in [0, 0.1) is 5.92 Å². The normalized spacial score (nSPS) is 19.6. The highest BCUT2D eigenvalue weighted by atomic mass is 35.5. The van der Waals surface area contributed by atoms with E-state index in [2.05, 4.69) is 15.5 Å². The molecule has 1 aromatic carbocycles.